The number of rotatable bonds is 4. The normalized spacial score (nSPS) is 13.1. The van der Waals surface area contributed by atoms with Gasteiger partial charge in [0.25, 0.3) is 0 Å². The first-order chi connectivity index (χ1) is 27.0. The van der Waals surface area contributed by atoms with Gasteiger partial charge < -0.3 is 0 Å². The van der Waals surface area contributed by atoms with Crippen molar-refractivity contribution < 1.29 is 0 Å². The molecule has 0 amide bonds. The van der Waals surface area contributed by atoms with Crippen LogP contribution in [0.1, 0.15) is 25.0 Å². The van der Waals surface area contributed by atoms with E-state index in [0.29, 0.717) is 0 Å². The van der Waals surface area contributed by atoms with Crippen LogP contribution in [0.25, 0.3) is 99.0 Å². The van der Waals surface area contributed by atoms with Crippen molar-refractivity contribution >= 4 is 43.2 Å². The molecule has 1 aliphatic rings. The van der Waals surface area contributed by atoms with Crippen LogP contribution in [0.15, 0.2) is 188 Å². The van der Waals surface area contributed by atoms with Gasteiger partial charge in [0.2, 0.25) is 0 Å². The van der Waals surface area contributed by atoms with Crippen LogP contribution in [0.3, 0.4) is 0 Å². The maximum absolute atomic E-state index is 5.25. The Bertz CT molecular complexity index is 3130. The number of fused-ring (bicyclic) bond motifs is 10. The number of pyridine rings is 1. The number of nitrogens with zero attached hydrogens (tertiary/aromatic N) is 1. The summed E-state index contributed by atoms with van der Waals surface area (Å²) in [7, 11) is 0. The highest BCUT2D eigenvalue weighted by atomic mass is 14.7. The number of aromatic nitrogens is 1. The van der Waals surface area contributed by atoms with Crippen LogP contribution in [0.4, 0.5) is 0 Å². The van der Waals surface area contributed by atoms with E-state index in [4.69, 9.17) is 4.98 Å². The minimum Gasteiger partial charge on any atom is -0.247 e. The zero-order valence-corrected chi connectivity index (χ0v) is 30.8. The van der Waals surface area contributed by atoms with Crippen LogP contribution in [0.2, 0.25) is 0 Å². The average Bonchev–Trinajstić information content (AvgIpc) is 3.48. The van der Waals surface area contributed by atoms with E-state index in [1.165, 1.54) is 98.9 Å². The number of hydrogen-bond donors (Lipinski definition) is 0. The topological polar surface area (TPSA) is 12.9 Å². The molecule has 0 fully saturated rings. The zero-order valence-electron chi connectivity index (χ0n) is 30.8. The molecule has 0 aliphatic heterocycles. The number of para-hydroxylation sites is 1. The molecule has 1 heteroatoms. The first kappa shape index (κ1) is 31.7. The SMILES string of the molecule is CC1(C)c2ccccc2-c2nc3ccccc3c(-c3ccc(-c4ccc5c6ccc(-c7cccc(-c8ccccc8)c7)cc6c6ccccc6c5c4)cc3)c21. The summed E-state index contributed by atoms with van der Waals surface area (Å²) in [6.45, 7) is 4.69. The molecule has 0 saturated carbocycles. The maximum Gasteiger partial charge on any atom is 0.0759 e. The molecule has 0 N–H and O–H groups in total. The molecule has 55 heavy (non-hydrogen) atoms. The molecule has 1 nitrogen and oxygen atoms in total. The van der Waals surface area contributed by atoms with Crippen LogP contribution in [0.5, 0.6) is 0 Å². The molecule has 0 bridgehead atoms. The summed E-state index contributed by atoms with van der Waals surface area (Å²) in [5.74, 6) is 0. The van der Waals surface area contributed by atoms with Crippen molar-refractivity contribution in [2.45, 2.75) is 19.3 Å². The molecule has 11 rings (SSSR count). The number of benzene rings is 9. The third-order valence-corrected chi connectivity index (χ3v) is 12.0. The van der Waals surface area contributed by atoms with Gasteiger partial charge in [-0.1, -0.05) is 178 Å². The lowest BCUT2D eigenvalue weighted by Gasteiger charge is -2.25. The molecule has 258 valence electrons. The molecule has 0 unspecified atom stereocenters. The molecule has 0 spiro atoms. The van der Waals surface area contributed by atoms with Crippen molar-refractivity contribution in [1.82, 2.24) is 4.98 Å². The van der Waals surface area contributed by atoms with E-state index in [2.05, 4.69) is 202 Å². The fraction of sp³-hybridized carbons (Fsp3) is 0.0556. The lowest BCUT2D eigenvalue weighted by atomic mass is 9.78. The molecule has 10 aromatic rings. The van der Waals surface area contributed by atoms with Crippen LogP contribution < -0.4 is 0 Å². The van der Waals surface area contributed by atoms with Gasteiger partial charge in [0.15, 0.2) is 0 Å². The predicted molar refractivity (Wildman–Crippen MR) is 234 cm³/mol. The van der Waals surface area contributed by atoms with Gasteiger partial charge in [-0.15, -0.1) is 0 Å². The van der Waals surface area contributed by atoms with Crippen LogP contribution in [0, 0.1) is 0 Å². The minimum absolute atomic E-state index is 0.161. The van der Waals surface area contributed by atoms with E-state index in [1.807, 2.05) is 0 Å². The van der Waals surface area contributed by atoms with E-state index < -0.39 is 0 Å². The van der Waals surface area contributed by atoms with Crippen molar-refractivity contribution in [1.29, 1.82) is 0 Å². The Morgan fingerprint density at radius 3 is 1.53 bits per heavy atom. The summed E-state index contributed by atoms with van der Waals surface area (Å²) in [5, 5.41) is 8.87. The Kier molecular flexibility index (Phi) is 6.97. The Hall–Kier alpha value is -6.83. The summed E-state index contributed by atoms with van der Waals surface area (Å²) in [5.41, 5.74) is 15.7. The molecule has 0 radical (unpaired) electrons. The summed E-state index contributed by atoms with van der Waals surface area (Å²) in [4.78, 5) is 5.25. The Morgan fingerprint density at radius 2 is 0.818 bits per heavy atom. The largest absolute Gasteiger partial charge is 0.247 e. The van der Waals surface area contributed by atoms with Crippen LogP contribution in [-0.2, 0) is 5.41 Å². The van der Waals surface area contributed by atoms with E-state index in [0.717, 1.165) is 11.2 Å². The quantitative estimate of drug-likeness (QED) is 0.167. The van der Waals surface area contributed by atoms with Crippen molar-refractivity contribution in [3.63, 3.8) is 0 Å². The average molecular weight is 700 g/mol. The first-order valence-corrected chi connectivity index (χ1v) is 19.2. The van der Waals surface area contributed by atoms with E-state index in [9.17, 15) is 0 Å². The van der Waals surface area contributed by atoms with Gasteiger partial charge in [0.05, 0.1) is 11.2 Å². The second kappa shape index (κ2) is 12.1. The Balaban J connectivity index is 1.02. The van der Waals surface area contributed by atoms with Gasteiger partial charge >= 0.3 is 0 Å². The summed E-state index contributed by atoms with van der Waals surface area (Å²) in [6.07, 6.45) is 0. The second-order valence-corrected chi connectivity index (χ2v) is 15.5. The molecule has 0 atom stereocenters. The lowest BCUT2D eigenvalue weighted by molar-refractivity contribution is 0.662. The summed E-state index contributed by atoms with van der Waals surface area (Å²) < 4.78 is 0. The first-order valence-electron chi connectivity index (χ1n) is 19.2. The van der Waals surface area contributed by atoms with Gasteiger partial charge in [0.1, 0.15) is 0 Å². The van der Waals surface area contributed by atoms with Crippen molar-refractivity contribution in [2.75, 3.05) is 0 Å². The fourth-order valence-electron chi connectivity index (χ4n) is 9.34. The molecular formula is C54H37N. The standard InChI is InChI=1S/C54H37N/c1-54(2)49-21-10-8-19-45(49)53-52(54)51(46-20-9-11-22-50(46)55-53)36-25-23-35(24-26-36)39-27-29-43-44-30-28-40(33-48(44)42-18-7-6-17-41(42)47(43)32-39)38-16-12-15-37(31-38)34-13-4-3-5-14-34/h3-33H,1-2H3. The van der Waals surface area contributed by atoms with Crippen LogP contribution >= 0.6 is 0 Å². The molecule has 9 aromatic carbocycles. The molecule has 1 aromatic heterocycles. The van der Waals surface area contributed by atoms with Gasteiger partial charge in [-0.05, 0) is 112 Å². The van der Waals surface area contributed by atoms with Gasteiger partial charge in [-0.3, -0.25) is 0 Å². The highest BCUT2D eigenvalue weighted by molar-refractivity contribution is 6.26. The van der Waals surface area contributed by atoms with E-state index >= 15 is 0 Å². The highest BCUT2D eigenvalue weighted by Crippen LogP contribution is 2.53. The summed E-state index contributed by atoms with van der Waals surface area (Å²) in [6, 6.07) is 69.0. The lowest BCUT2D eigenvalue weighted by Crippen LogP contribution is -2.16. The van der Waals surface area contributed by atoms with Gasteiger partial charge in [-0.25, -0.2) is 4.98 Å². The molecule has 0 saturated heterocycles. The monoisotopic (exact) mass is 699 g/mol. The third kappa shape index (κ3) is 4.90. The smallest absolute Gasteiger partial charge is 0.0759 e. The number of hydrogen-bond acceptors (Lipinski definition) is 1. The zero-order chi connectivity index (χ0) is 36.7. The van der Waals surface area contributed by atoms with Crippen molar-refractivity contribution in [3.05, 3.63) is 199 Å². The third-order valence-electron chi connectivity index (χ3n) is 12.0. The Labute approximate surface area is 321 Å². The molecular weight excluding hydrogens is 663 g/mol. The van der Waals surface area contributed by atoms with E-state index in [-0.39, 0.29) is 5.41 Å². The maximum atomic E-state index is 5.25. The highest BCUT2D eigenvalue weighted by Gasteiger charge is 2.39. The Morgan fingerprint density at radius 1 is 0.345 bits per heavy atom. The van der Waals surface area contributed by atoms with Gasteiger partial charge in [-0.2, -0.15) is 0 Å². The summed E-state index contributed by atoms with van der Waals surface area (Å²) >= 11 is 0. The molecule has 1 heterocycles. The molecule has 1 aliphatic carbocycles. The van der Waals surface area contributed by atoms with Gasteiger partial charge in [0, 0.05) is 16.4 Å². The minimum atomic E-state index is -0.161. The fourth-order valence-corrected chi connectivity index (χ4v) is 9.34. The van der Waals surface area contributed by atoms with Crippen molar-refractivity contribution in [3.8, 4) is 55.8 Å². The predicted octanol–water partition coefficient (Wildman–Crippen LogP) is 14.7. The van der Waals surface area contributed by atoms with Crippen molar-refractivity contribution in [2.24, 2.45) is 0 Å². The van der Waals surface area contributed by atoms with E-state index in [1.54, 1.807) is 0 Å². The second-order valence-electron chi connectivity index (χ2n) is 15.5. The van der Waals surface area contributed by atoms with Crippen LogP contribution in [-0.4, -0.2) is 4.98 Å².